The van der Waals surface area contributed by atoms with Gasteiger partial charge in [0, 0.05) is 10.5 Å². The lowest BCUT2D eigenvalue weighted by atomic mass is 10.1. The predicted octanol–water partition coefficient (Wildman–Crippen LogP) is 5.32. The first-order valence-electron chi connectivity index (χ1n) is 7.43. The van der Waals surface area contributed by atoms with Gasteiger partial charge in [0.2, 0.25) is 0 Å². The normalized spacial score (nSPS) is 11.4. The largest absolute Gasteiger partial charge is 0.452 e. The fourth-order valence-corrected chi connectivity index (χ4v) is 2.47. The summed E-state index contributed by atoms with van der Waals surface area (Å²) in [5, 5.41) is 1.75. The van der Waals surface area contributed by atoms with Crippen LogP contribution < -0.4 is 5.32 Å². The van der Waals surface area contributed by atoms with Gasteiger partial charge < -0.3 is 10.1 Å². The van der Waals surface area contributed by atoms with Crippen LogP contribution in [0.1, 0.15) is 11.1 Å². The van der Waals surface area contributed by atoms with Crippen LogP contribution in [0.5, 0.6) is 0 Å². The monoisotopic (exact) mass is 461 g/mol. The SMILES string of the molecule is O=C(COC(=O)/C=C/c1ccc(Br)cc1)Nc1c(Cl)cccc1C(F)(F)F. The van der Waals surface area contributed by atoms with Gasteiger partial charge in [-0.3, -0.25) is 4.79 Å². The highest BCUT2D eigenvalue weighted by Gasteiger charge is 2.34. The van der Waals surface area contributed by atoms with Crippen molar-refractivity contribution in [2.24, 2.45) is 0 Å². The topological polar surface area (TPSA) is 55.4 Å². The Kier molecular flexibility index (Phi) is 7.04. The molecule has 0 atom stereocenters. The van der Waals surface area contributed by atoms with Crippen molar-refractivity contribution >= 4 is 51.2 Å². The Labute approximate surface area is 166 Å². The molecule has 0 aliphatic heterocycles. The zero-order valence-corrected chi connectivity index (χ0v) is 15.9. The second kappa shape index (κ2) is 9.05. The van der Waals surface area contributed by atoms with Crippen molar-refractivity contribution in [1.82, 2.24) is 0 Å². The van der Waals surface area contributed by atoms with Crippen molar-refractivity contribution in [3.05, 3.63) is 69.2 Å². The van der Waals surface area contributed by atoms with E-state index in [9.17, 15) is 22.8 Å². The van der Waals surface area contributed by atoms with Gasteiger partial charge in [-0.05, 0) is 35.9 Å². The summed E-state index contributed by atoms with van der Waals surface area (Å²) in [6, 6.07) is 10.2. The van der Waals surface area contributed by atoms with E-state index < -0.39 is 35.9 Å². The first kappa shape index (κ1) is 21.0. The van der Waals surface area contributed by atoms with Crippen molar-refractivity contribution in [1.29, 1.82) is 0 Å². The highest BCUT2D eigenvalue weighted by atomic mass is 79.9. The number of para-hydroxylation sites is 1. The van der Waals surface area contributed by atoms with E-state index in [-0.39, 0.29) is 5.02 Å². The van der Waals surface area contributed by atoms with Crippen LogP contribution in [0.3, 0.4) is 0 Å². The van der Waals surface area contributed by atoms with Crippen LogP contribution in [0.25, 0.3) is 6.08 Å². The van der Waals surface area contributed by atoms with Crippen molar-refractivity contribution in [2.45, 2.75) is 6.18 Å². The summed E-state index contributed by atoms with van der Waals surface area (Å²) in [5.41, 5.74) is -0.951. The molecular weight excluding hydrogens is 451 g/mol. The number of rotatable bonds is 5. The van der Waals surface area contributed by atoms with E-state index in [0.717, 1.165) is 28.2 Å². The Bertz CT molecular complexity index is 867. The van der Waals surface area contributed by atoms with Crippen molar-refractivity contribution in [2.75, 3.05) is 11.9 Å². The van der Waals surface area contributed by atoms with Gasteiger partial charge in [0.15, 0.2) is 6.61 Å². The second-order valence-electron chi connectivity index (χ2n) is 5.20. The van der Waals surface area contributed by atoms with Crippen molar-refractivity contribution in [3.63, 3.8) is 0 Å². The van der Waals surface area contributed by atoms with E-state index in [0.29, 0.717) is 0 Å². The lowest BCUT2D eigenvalue weighted by Gasteiger charge is -2.15. The molecule has 0 aliphatic rings. The third kappa shape index (κ3) is 6.41. The van der Waals surface area contributed by atoms with Crippen LogP contribution in [-0.2, 0) is 20.5 Å². The molecule has 0 unspecified atom stereocenters. The molecule has 1 amide bonds. The van der Waals surface area contributed by atoms with Gasteiger partial charge in [0.25, 0.3) is 5.91 Å². The Balaban J connectivity index is 1.95. The minimum absolute atomic E-state index is 0.278. The summed E-state index contributed by atoms with van der Waals surface area (Å²) in [7, 11) is 0. The van der Waals surface area contributed by atoms with Crippen LogP contribution >= 0.6 is 27.5 Å². The Morgan fingerprint density at radius 2 is 1.81 bits per heavy atom. The maximum absolute atomic E-state index is 13.0. The van der Waals surface area contributed by atoms with Crippen molar-refractivity contribution in [3.8, 4) is 0 Å². The minimum atomic E-state index is -4.70. The van der Waals surface area contributed by atoms with E-state index >= 15 is 0 Å². The van der Waals surface area contributed by atoms with Gasteiger partial charge in [-0.25, -0.2) is 4.79 Å². The standard InChI is InChI=1S/C18H12BrClF3NO3/c19-12-7-4-11(5-8-12)6-9-16(26)27-10-15(25)24-17-13(18(21,22)23)2-1-3-14(17)20/h1-9H,10H2,(H,24,25)/b9-6+. The number of hydrogen-bond acceptors (Lipinski definition) is 3. The van der Waals surface area contributed by atoms with Crippen LogP contribution in [-0.4, -0.2) is 18.5 Å². The van der Waals surface area contributed by atoms with Gasteiger partial charge in [0.05, 0.1) is 16.3 Å². The fourth-order valence-electron chi connectivity index (χ4n) is 1.99. The smallest absolute Gasteiger partial charge is 0.418 e. The average Bonchev–Trinajstić information content (AvgIpc) is 2.60. The third-order valence-electron chi connectivity index (χ3n) is 3.21. The number of esters is 1. The molecule has 2 aromatic rings. The van der Waals surface area contributed by atoms with Crippen LogP contribution in [0.2, 0.25) is 5.02 Å². The summed E-state index contributed by atoms with van der Waals surface area (Å²) in [5.74, 6) is -1.76. The summed E-state index contributed by atoms with van der Waals surface area (Å²) < 4.78 is 44.5. The van der Waals surface area contributed by atoms with Gasteiger partial charge >= 0.3 is 12.1 Å². The zero-order valence-electron chi connectivity index (χ0n) is 13.5. The van der Waals surface area contributed by atoms with E-state index in [4.69, 9.17) is 16.3 Å². The molecule has 0 aliphatic carbocycles. The number of amides is 1. The molecule has 4 nitrogen and oxygen atoms in total. The first-order chi connectivity index (χ1) is 12.7. The Morgan fingerprint density at radius 3 is 2.44 bits per heavy atom. The molecule has 0 spiro atoms. The lowest BCUT2D eigenvalue weighted by Crippen LogP contribution is -2.22. The molecule has 142 valence electrons. The fraction of sp³-hybridized carbons (Fsp3) is 0.111. The maximum Gasteiger partial charge on any atom is 0.418 e. The Hall–Kier alpha value is -2.32. The number of alkyl halides is 3. The first-order valence-corrected chi connectivity index (χ1v) is 8.60. The lowest BCUT2D eigenvalue weighted by molar-refractivity contribution is -0.142. The van der Waals surface area contributed by atoms with E-state index in [2.05, 4.69) is 15.9 Å². The highest BCUT2D eigenvalue weighted by Crippen LogP contribution is 2.38. The predicted molar refractivity (Wildman–Crippen MR) is 99.2 cm³/mol. The van der Waals surface area contributed by atoms with Gasteiger partial charge in [-0.15, -0.1) is 0 Å². The van der Waals surface area contributed by atoms with Crippen LogP contribution in [0, 0.1) is 0 Å². The van der Waals surface area contributed by atoms with Crippen molar-refractivity contribution < 1.29 is 27.5 Å². The van der Waals surface area contributed by atoms with E-state index in [1.807, 2.05) is 5.32 Å². The molecule has 0 radical (unpaired) electrons. The maximum atomic E-state index is 13.0. The summed E-state index contributed by atoms with van der Waals surface area (Å²) in [6.45, 7) is -0.758. The summed E-state index contributed by atoms with van der Waals surface area (Å²) >= 11 is 9.01. The van der Waals surface area contributed by atoms with Crippen LogP contribution in [0.15, 0.2) is 53.0 Å². The van der Waals surface area contributed by atoms with Gasteiger partial charge in [-0.1, -0.05) is 45.7 Å². The molecule has 0 heterocycles. The number of ether oxygens (including phenoxy) is 1. The molecule has 2 rings (SSSR count). The number of anilines is 1. The Morgan fingerprint density at radius 1 is 1.15 bits per heavy atom. The van der Waals surface area contributed by atoms with Gasteiger partial charge in [0.1, 0.15) is 0 Å². The quantitative estimate of drug-likeness (QED) is 0.484. The molecule has 0 fully saturated rings. The minimum Gasteiger partial charge on any atom is -0.452 e. The number of hydrogen-bond donors (Lipinski definition) is 1. The molecule has 27 heavy (non-hydrogen) atoms. The molecule has 9 heteroatoms. The number of carbonyl (C=O) groups is 2. The molecule has 2 aromatic carbocycles. The molecule has 0 aromatic heterocycles. The van der Waals surface area contributed by atoms with Gasteiger partial charge in [-0.2, -0.15) is 13.2 Å². The number of halogens is 5. The highest BCUT2D eigenvalue weighted by molar-refractivity contribution is 9.10. The number of nitrogens with one attached hydrogen (secondary N) is 1. The summed E-state index contributed by atoms with van der Waals surface area (Å²) in [6.07, 6.45) is -2.12. The van der Waals surface area contributed by atoms with Crippen LogP contribution in [0.4, 0.5) is 18.9 Å². The molecule has 0 bridgehead atoms. The number of carbonyl (C=O) groups excluding carboxylic acids is 2. The third-order valence-corrected chi connectivity index (χ3v) is 4.05. The second-order valence-corrected chi connectivity index (χ2v) is 6.52. The zero-order chi connectivity index (χ0) is 20.0. The molecular formula is C18H12BrClF3NO3. The summed E-state index contributed by atoms with van der Waals surface area (Å²) in [4.78, 5) is 23.4. The van der Waals surface area contributed by atoms with E-state index in [1.54, 1.807) is 24.3 Å². The molecule has 1 N–H and O–H groups in total. The van der Waals surface area contributed by atoms with E-state index in [1.165, 1.54) is 12.1 Å². The molecule has 0 saturated carbocycles. The number of benzene rings is 2. The average molecular weight is 463 g/mol. The molecule has 0 saturated heterocycles.